The summed E-state index contributed by atoms with van der Waals surface area (Å²) in [7, 11) is 0. The van der Waals surface area contributed by atoms with Crippen molar-refractivity contribution in [1.29, 1.82) is 0 Å². The van der Waals surface area contributed by atoms with Crippen molar-refractivity contribution >= 4 is 11.7 Å². The zero-order valence-electron chi connectivity index (χ0n) is 23.3. The number of ether oxygens (including phenoxy) is 4. The number of carbonyl (C=O) groups is 1. The van der Waals surface area contributed by atoms with Gasteiger partial charge in [0.15, 0.2) is 6.29 Å². The minimum Gasteiger partial charge on any atom is -0.489 e. The molecule has 4 aliphatic heterocycles. The lowest BCUT2D eigenvalue weighted by atomic mass is 9.64. The Bertz CT molecular complexity index is 1220. The van der Waals surface area contributed by atoms with Crippen LogP contribution in [0.4, 0.5) is 4.79 Å². The zero-order chi connectivity index (χ0) is 27.0. The quantitative estimate of drug-likeness (QED) is 0.515. The van der Waals surface area contributed by atoms with Crippen molar-refractivity contribution in [1.82, 2.24) is 10.2 Å². The van der Waals surface area contributed by atoms with Crippen molar-refractivity contribution in [3.8, 4) is 11.5 Å². The maximum atomic E-state index is 12.5. The number of hydrogen-bond acceptors (Lipinski definition) is 6. The summed E-state index contributed by atoms with van der Waals surface area (Å²) in [5.74, 6) is 1.64. The van der Waals surface area contributed by atoms with Gasteiger partial charge in [0.1, 0.15) is 23.7 Å². The Morgan fingerprint density at radius 2 is 1.87 bits per heavy atom. The molecule has 7 heteroatoms. The van der Waals surface area contributed by atoms with E-state index in [1.54, 1.807) is 0 Å². The van der Waals surface area contributed by atoms with Crippen LogP contribution in [0.25, 0.3) is 5.57 Å². The Kier molecular flexibility index (Phi) is 7.06. The number of amides is 1. The lowest BCUT2D eigenvalue weighted by molar-refractivity contribution is -0.105. The fourth-order valence-corrected chi connectivity index (χ4v) is 6.22. The van der Waals surface area contributed by atoms with Crippen LogP contribution in [0.1, 0.15) is 75.6 Å². The molecule has 1 amide bonds. The van der Waals surface area contributed by atoms with Crippen LogP contribution in [0.2, 0.25) is 0 Å². The second-order valence-electron chi connectivity index (χ2n) is 12.3. The van der Waals surface area contributed by atoms with Gasteiger partial charge in [0.25, 0.3) is 0 Å². The minimum atomic E-state index is -0.463. The summed E-state index contributed by atoms with van der Waals surface area (Å²) in [5.41, 5.74) is 4.49. The van der Waals surface area contributed by atoms with E-state index in [0.717, 1.165) is 75.4 Å². The first-order chi connectivity index (χ1) is 18.8. The van der Waals surface area contributed by atoms with E-state index in [0.29, 0.717) is 12.6 Å². The van der Waals surface area contributed by atoms with Crippen LogP contribution in [0.15, 0.2) is 48.5 Å². The fourth-order valence-electron chi connectivity index (χ4n) is 6.22. The second-order valence-corrected chi connectivity index (χ2v) is 12.3. The predicted molar refractivity (Wildman–Crippen MR) is 150 cm³/mol. The van der Waals surface area contributed by atoms with Crippen LogP contribution in [0.3, 0.4) is 0 Å². The Morgan fingerprint density at radius 1 is 1.08 bits per heavy atom. The highest BCUT2D eigenvalue weighted by Gasteiger charge is 2.49. The van der Waals surface area contributed by atoms with Crippen LogP contribution < -0.4 is 14.8 Å². The van der Waals surface area contributed by atoms with Crippen LogP contribution in [-0.4, -0.2) is 55.7 Å². The molecule has 0 bridgehead atoms. The molecule has 3 saturated heterocycles. The molecule has 0 aliphatic carbocycles. The Morgan fingerprint density at radius 3 is 2.54 bits per heavy atom. The molecular weight excluding hydrogens is 492 g/mol. The summed E-state index contributed by atoms with van der Waals surface area (Å²) in [6, 6.07) is 15.3. The van der Waals surface area contributed by atoms with E-state index >= 15 is 0 Å². The van der Waals surface area contributed by atoms with Crippen LogP contribution in [0.5, 0.6) is 11.5 Å². The number of likely N-dealkylation sites (tertiary alicyclic amines) is 1. The number of fused-ring (bicyclic) bond motifs is 1. The second kappa shape index (κ2) is 10.5. The molecule has 0 saturated carbocycles. The SMILES string of the molecule is CC(C)(C)OC(=O)N1CCC2(CC1)CNC2c1ccc(C2=CCOc3cc(OC4CCCCO4)ccc32)cc1. The summed E-state index contributed by atoms with van der Waals surface area (Å²) in [5, 5.41) is 3.67. The molecule has 0 aromatic heterocycles. The Balaban J connectivity index is 1.11. The summed E-state index contributed by atoms with van der Waals surface area (Å²) in [6.45, 7) is 9.53. The van der Waals surface area contributed by atoms with Crippen molar-refractivity contribution in [3.05, 3.63) is 65.2 Å². The van der Waals surface area contributed by atoms with Gasteiger partial charge in [-0.2, -0.15) is 0 Å². The third-order valence-corrected chi connectivity index (χ3v) is 8.41. The zero-order valence-corrected chi connectivity index (χ0v) is 23.3. The lowest BCUT2D eigenvalue weighted by Crippen LogP contribution is -2.60. The molecular formula is C32H40N2O5. The highest BCUT2D eigenvalue weighted by Crippen LogP contribution is 2.49. The highest BCUT2D eigenvalue weighted by molar-refractivity contribution is 5.84. The van der Waals surface area contributed by atoms with Gasteiger partial charge in [-0.1, -0.05) is 24.3 Å². The van der Waals surface area contributed by atoms with E-state index < -0.39 is 5.60 Å². The maximum absolute atomic E-state index is 12.5. The van der Waals surface area contributed by atoms with Gasteiger partial charge >= 0.3 is 6.09 Å². The van der Waals surface area contributed by atoms with E-state index in [9.17, 15) is 4.79 Å². The van der Waals surface area contributed by atoms with Crippen molar-refractivity contribution in [2.75, 3.05) is 32.8 Å². The van der Waals surface area contributed by atoms with Crippen molar-refractivity contribution < 1.29 is 23.7 Å². The molecule has 1 N–H and O–H groups in total. The Hall–Kier alpha value is -3.03. The molecule has 4 heterocycles. The molecule has 7 nitrogen and oxygen atoms in total. The number of nitrogens with one attached hydrogen (secondary N) is 1. The third kappa shape index (κ3) is 5.52. The summed E-state index contributed by atoms with van der Waals surface area (Å²) in [4.78, 5) is 14.4. The first-order valence-electron chi connectivity index (χ1n) is 14.4. The average Bonchev–Trinajstić information content (AvgIpc) is 2.92. The molecule has 2 aromatic carbocycles. The highest BCUT2D eigenvalue weighted by atomic mass is 16.7. The number of rotatable bonds is 4. The van der Waals surface area contributed by atoms with Gasteiger partial charge in [-0.3, -0.25) is 0 Å². The standard InChI is InChI=1S/C32H40N2O5/c1-31(2,3)39-30(35)34-16-14-32(15-17-34)21-33-29(32)23-9-7-22(8-10-23)25-13-19-36-27-20-24(11-12-26(25)27)38-28-6-4-5-18-37-28/h7-13,20,28-29,33H,4-6,14-19,21H2,1-3H3. The largest absolute Gasteiger partial charge is 0.489 e. The maximum Gasteiger partial charge on any atom is 0.410 e. The first kappa shape index (κ1) is 26.2. The van der Waals surface area contributed by atoms with Crippen LogP contribution in [-0.2, 0) is 9.47 Å². The number of piperidine rings is 1. The molecule has 4 aliphatic rings. The van der Waals surface area contributed by atoms with Gasteiger partial charge in [-0.05, 0) is 81.4 Å². The van der Waals surface area contributed by atoms with E-state index in [4.69, 9.17) is 18.9 Å². The molecule has 2 unspecified atom stereocenters. The molecule has 3 fully saturated rings. The van der Waals surface area contributed by atoms with Crippen molar-refractivity contribution in [2.24, 2.45) is 5.41 Å². The Labute approximate surface area is 231 Å². The van der Waals surface area contributed by atoms with Crippen molar-refractivity contribution in [2.45, 2.75) is 70.8 Å². The smallest absolute Gasteiger partial charge is 0.410 e. The molecule has 1 spiro atoms. The molecule has 6 rings (SSSR count). The van der Waals surface area contributed by atoms with Gasteiger partial charge in [-0.15, -0.1) is 0 Å². The monoisotopic (exact) mass is 532 g/mol. The van der Waals surface area contributed by atoms with E-state index in [1.807, 2.05) is 37.8 Å². The number of carbonyl (C=O) groups excluding carboxylic acids is 1. The first-order valence-corrected chi connectivity index (χ1v) is 14.4. The van der Waals surface area contributed by atoms with Crippen LogP contribution in [0, 0.1) is 5.41 Å². The molecule has 208 valence electrons. The topological polar surface area (TPSA) is 69.3 Å². The average molecular weight is 533 g/mol. The summed E-state index contributed by atoms with van der Waals surface area (Å²) in [6.07, 6.45) is 6.91. The van der Waals surface area contributed by atoms with Crippen molar-refractivity contribution in [3.63, 3.8) is 0 Å². The van der Waals surface area contributed by atoms with Gasteiger partial charge in [-0.25, -0.2) is 4.79 Å². The van der Waals surface area contributed by atoms with E-state index in [1.165, 1.54) is 16.7 Å². The van der Waals surface area contributed by atoms with Gasteiger partial charge in [0.05, 0.1) is 6.61 Å². The minimum absolute atomic E-state index is 0.170. The van der Waals surface area contributed by atoms with Crippen LogP contribution >= 0.6 is 0 Å². The molecule has 0 radical (unpaired) electrons. The molecule has 2 aromatic rings. The van der Waals surface area contributed by atoms with Gasteiger partial charge in [0, 0.05) is 49.1 Å². The normalized spacial score (nSPS) is 24.2. The summed E-state index contributed by atoms with van der Waals surface area (Å²) < 4.78 is 23.4. The predicted octanol–water partition coefficient (Wildman–Crippen LogP) is 6.08. The number of nitrogens with zero attached hydrogens (tertiary/aromatic N) is 1. The number of hydrogen-bond donors (Lipinski definition) is 1. The lowest BCUT2D eigenvalue weighted by Gasteiger charge is -2.54. The van der Waals surface area contributed by atoms with Gasteiger partial charge in [0.2, 0.25) is 0 Å². The third-order valence-electron chi connectivity index (χ3n) is 8.41. The summed E-state index contributed by atoms with van der Waals surface area (Å²) >= 11 is 0. The molecule has 2 atom stereocenters. The van der Waals surface area contributed by atoms with E-state index in [-0.39, 0.29) is 17.8 Å². The van der Waals surface area contributed by atoms with E-state index in [2.05, 4.69) is 41.7 Å². The van der Waals surface area contributed by atoms with Gasteiger partial charge < -0.3 is 29.2 Å². The number of benzene rings is 2. The fraction of sp³-hybridized carbons (Fsp3) is 0.531. The molecule has 39 heavy (non-hydrogen) atoms.